The van der Waals surface area contributed by atoms with Gasteiger partial charge in [0, 0.05) is 31.3 Å². The van der Waals surface area contributed by atoms with Crippen molar-refractivity contribution in [2.45, 2.75) is 38.8 Å². The minimum atomic E-state index is -0.517. The molecule has 0 bridgehead atoms. The number of aromatic nitrogens is 5. The maximum Gasteiger partial charge on any atom is 0.331 e. The van der Waals surface area contributed by atoms with Crippen molar-refractivity contribution in [3.63, 3.8) is 0 Å². The normalized spacial score (nSPS) is 12.9. The number of nitrogens with one attached hydrogen (secondary N) is 1. The van der Waals surface area contributed by atoms with Gasteiger partial charge in [-0.05, 0) is 41.3 Å². The molecular formula is C30H26N6O4. The molecule has 200 valence electrons. The fourth-order valence-electron chi connectivity index (χ4n) is 5.10. The van der Waals surface area contributed by atoms with Gasteiger partial charge in [0.2, 0.25) is 0 Å². The van der Waals surface area contributed by atoms with Gasteiger partial charge in [0.1, 0.15) is 11.4 Å². The molecule has 40 heavy (non-hydrogen) atoms. The lowest BCUT2D eigenvalue weighted by Gasteiger charge is -2.24. The van der Waals surface area contributed by atoms with Crippen molar-refractivity contribution in [1.29, 1.82) is 0 Å². The van der Waals surface area contributed by atoms with Crippen molar-refractivity contribution in [2.75, 3.05) is 0 Å². The number of pyridine rings is 1. The Morgan fingerprint density at radius 1 is 0.950 bits per heavy atom. The summed E-state index contributed by atoms with van der Waals surface area (Å²) in [5.41, 5.74) is 1.31. The number of carbonyl (C=O) groups is 1. The van der Waals surface area contributed by atoms with Crippen LogP contribution < -0.4 is 16.6 Å². The Labute approximate surface area is 228 Å². The van der Waals surface area contributed by atoms with Crippen LogP contribution in [0.25, 0.3) is 22.4 Å². The second-order valence-electron chi connectivity index (χ2n) is 9.71. The Hall–Kier alpha value is -5.12. The first-order valence-corrected chi connectivity index (χ1v) is 13.1. The van der Waals surface area contributed by atoms with Crippen molar-refractivity contribution < 1.29 is 9.32 Å². The predicted octanol–water partition coefficient (Wildman–Crippen LogP) is 3.48. The highest BCUT2D eigenvalue weighted by Crippen LogP contribution is 2.21. The van der Waals surface area contributed by atoms with Crippen LogP contribution in [-0.2, 0) is 25.9 Å². The van der Waals surface area contributed by atoms with E-state index in [-0.39, 0.29) is 30.8 Å². The van der Waals surface area contributed by atoms with Crippen LogP contribution in [-0.4, -0.2) is 30.2 Å². The number of hydrogen-bond donors (Lipinski definition) is 1. The van der Waals surface area contributed by atoms with Gasteiger partial charge in [0.15, 0.2) is 5.82 Å². The molecule has 5 aromatic rings. The van der Waals surface area contributed by atoms with E-state index < -0.39 is 17.2 Å². The molecule has 1 aliphatic rings. The first kappa shape index (κ1) is 25.2. The molecule has 1 N–H and O–H groups in total. The summed E-state index contributed by atoms with van der Waals surface area (Å²) < 4.78 is 7.95. The number of benzene rings is 2. The van der Waals surface area contributed by atoms with Crippen LogP contribution in [0, 0.1) is 0 Å². The molecule has 1 amide bonds. The first-order valence-electron chi connectivity index (χ1n) is 13.1. The van der Waals surface area contributed by atoms with Gasteiger partial charge in [-0.3, -0.25) is 23.7 Å². The smallest absolute Gasteiger partial charge is 0.331 e. The number of rotatable bonds is 8. The summed E-state index contributed by atoms with van der Waals surface area (Å²) in [7, 11) is 0. The zero-order valence-corrected chi connectivity index (χ0v) is 21.7. The maximum atomic E-state index is 13.7. The molecule has 10 heteroatoms. The quantitative estimate of drug-likeness (QED) is 0.302. The van der Waals surface area contributed by atoms with E-state index in [1.165, 1.54) is 9.13 Å². The SMILES string of the molecule is C=C1Cc2c(n(Cc3cccc4ccccc34)c(=O)n(CCCCc3noc(-c4ccccn4)n3)c2=O)C(=O)N1. The highest BCUT2D eigenvalue weighted by atomic mass is 16.5. The van der Waals surface area contributed by atoms with E-state index in [2.05, 4.69) is 27.0 Å². The number of allylic oxidation sites excluding steroid dienone is 1. The maximum absolute atomic E-state index is 13.7. The van der Waals surface area contributed by atoms with Crippen molar-refractivity contribution in [3.05, 3.63) is 123 Å². The van der Waals surface area contributed by atoms with Gasteiger partial charge >= 0.3 is 5.69 Å². The molecule has 0 radical (unpaired) electrons. The molecule has 0 aliphatic carbocycles. The van der Waals surface area contributed by atoms with Crippen molar-refractivity contribution >= 4 is 16.7 Å². The predicted molar refractivity (Wildman–Crippen MR) is 149 cm³/mol. The molecule has 6 rings (SSSR count). The Bertz CT molecular complexity index is 1860. The van der Waals surface area contributed by atoms with E-state index in [4.69, 9.17) is 4.52 Å². The monoisotopic (exact) mass is 534 g/mol. The fraction of sp³-hybridized carbons (Fsp3) is 0.200. The van der Waals surface area contributed by atoms with Gasteiger partial charge in [-0.1, -0.05) is 60.3 Å². The van der Waals surface area contributed by atoms with E-state index in [1.54, 1.807) is 12.3 Å². The number of unbranched alkanes of at least 4 members (excludes halogenated alkanes) is 1. The summed E-state index contributed by atoms with van der Waals surface area (Å²) in [5, 5.41) is 8.72. The van der Waals surface area contributed by atoms with Gasteiger partial charge in [0.05, 0.1) is 12.1 Å². The molecule has 3 aromatic heterocycles. The average molecular weight is 535 g/mol. The summed E-state index contributed by atoms with van der Waals surface area (Å²) in [4.78, 5) is 48.8. The largest absolute Gasteiger partial charge is 0.332 e. The fourth-order valence-corrected chi connectivity index (χ4v) is 5.10. The summed E-state index contributed by atoms with van der Waals surface area (Å²) in [6, 6.07) is 19.2. The molecule has 0 fully saturated rings. The van der Waals surface area contributed by atoms with Crippen LogP contribution in [0.1, 0.15) is 40.3 Å². The minimum Gasteiger partial charge on any atom is -0.332 e. The van der Waals surface area contributed by atoms with E-state index in [0.717, 1.165) is 16.3 Å². The molecule has 10 nitrogen and oxygen atoms in total. The molecular weight excluding hydrogens is 508 g/mol. The minimum absolute atomic E-state index is 0.0976. The van der Waals surface area contributed by atoms with Crippen LogP contribution in [0.15, 0.2) is 93.2 Å². The van der Waals surface area contributed by atoms with Gasteiger partial charge < -0.3 is 9.84 Å². The molecule has 0 unspecified atom stereocenters. The highest BCUT2D eigenvalue weighted by molar-refractivity contribution is 5.96. The molecule has 0 saturated heterocycles. The second-order valence-corrected chi connectivity index (χ2v) is 9.71. The summed E-state index contributed by atoms with van der Waals surface area (Å²) >= 11 is 0. The Morgan fingerprint density at radius 3 is 2.62 bits per heavy atom. The van der Waals surface area contributed by atoms with Crippen LogP contribution in [0.5, 0.6) is 0 Å². The zero-order valence-electron chi connectivity index (χ0n) is 21.7. The van der Waals surface area contributed by atoms with E-state index in [9.17, 15) is 14.4 Å². The average Bonchev–Trinajstić information content (AvgIpc) is 3.44. The Morgan fingerprint density at radius 2 is 1.77 bits per heavy atom. The van der Waals surface area contributed by atoms with Crippen LogP contribution in [0.4, 0.5) is 0 Å². The highest BCUT2D eigenvalue weighted by Gasteiger charge is 2.29. The molecule has 4 heterocycles. The summed E-state index contributed by atoms with van der Waals surface area (Å²) in [5.74, 6) is 0.379. The van der Waals surface area contributed by atoms with Gasteiger partial charge in [0.25, 0.3) is 17.4 Å². The number of amides is 1. The van der Waals surface area contributed by atoms with Crippen molar-refractivity contribution in [2.24, 2.45) is 0 Å². The number of aryl methyl sites for hydroxylation is 1. The molecule has 0 atom stereocenters. The number of carbonyl (C=O) groups excluding carboxylic acids is 1. The Balaban J connectivity index is 1.28. The van der Waals surface area contributed by atoms with Crippen molar-refractivity contribution in [3.8, 4) is 11.6 Å². The number of fused-ring (bicyclic) bond motifs is 2. The van der Waals surface area contributed by atoms with E-state index >= 15 is 0 Å². The standard InChI is InChI=1S/C30H26N6O4/c1-19-17-23-26(27(37)32-19)36(18-21-11-8-10-20-9-2-3-12-22(20)21)30(39)35(29(23)38)16-7-5-14-25-33-28(40-34-25)24-13-4-6-15-31-24/h2-4,6,8-13,15H,1,5,7,14,16-18H2,(H,32,37). The third-order valence-electron chi connectivity index (χ3n) is 7.01. The topological polar surface area (TPSA) is 125 Å². The van der Waals surface area contributed by atoms with E-state index in [0.29, 0.717) is 42.4 Å². The van der Waals surface area contributed by atoms with Gasteiger partial charge in [-0.15, -0.1) is 0 Å². The Kier molecular flexibility index (Phi) is 6.65. The number of hydrogen-bond acceptors (Lipinski definition) is 7. The molecule has 2 aromatic carbocycles. The second kappa shape index (κ2) is 10.6. The first-order chi connectivity index (χ1) is 19.5. The van der Waals surface area contributed by atoms with Crippen LogP contribution >= 0.6 is 0 Å². The summed E-state index contributed by atoms with van der Waals surface area (Å²) in [6.45, 7) is 4.20. The van der Waals surface area contributed by atoms with Gasteiger partial charge in [-0.2, -0.15) is 4.98 Å². The third kappa shape index (κ3) is 4.75. The van der Waals surface area contributed by atoms with Crippen molar-refractivity contribution in [1.82, 2.24) is 29.6 Å². The lowest BCUT2D eigenvalue weighted by Crippen LogP contribution is -2.48. The lowest BCUT2D eigenvalue weighted by atomic mass is 10.0. The summed E-state index contributed by atoms with van der Waals surface area (Å²) in [6.07, 6.45) is 3.50. The molecule has 0 saturated carbocycles. The lowest BCUT2D eigenvalue weighted by molar-refractivity contribution is 0.0946. The van der Waals surface area contributed by atoms with Crippen LogP contribution in [0.2, 0.25) is 0 Å². The van der Waals surface area contributed by atoms with Crippen LogP contribution in [0.3, 0.4) is 0 Å². The molecule has 0 spiro atoms. The number of nitrogens with zero attached hydrogens (tertiary/aromatic N) is 5. The third-order valence-corrected chi connectivity index (χ3v) is 7.01. The van der Waals surface area contributed by atoms with Gasteiger partial charge in [-0.25, -0.2) is 4.79 Å². The molecule has 1 aliphatic heterocycles. The van der Waals surface area contributed by atoms with E-state index in [1.807, 2.05) is 54.6 Å². The zero-order chi connectivity index (χ0) is 27.6.